The molecule has 2 amide bonds. The van der Waals surface area contributed by atoms with Crippen LogP contribution in [0.1, 0.15) is 64.7 Å². The van der Waals surface area contributed by atoms with Gasteiger partial charge in [-0.25, -0.2) is 0 Å². The van der Waals surface area contributed by atoms with Gasteiger partial charge >= 0.3 is 0 Å². The molecule has 1 aromatic heterocycles. The van der Waals surface area contributed by atoms with Crippen LogP contribution >= 0.6 is 0 Å². The van der Waals surface area contributed by atoms with Gasteiger partial charge in [0, 0.05) is 55.7 Å². The fourth-order valence-electron chi connectivity index (χ4n) is 6.66. The Bertz CT molecular complexity index is 1690. The van der Waals surface area contributed by atoms with E-state index in [9.17, 15) is 14.7 Å². The highest BCUT2D eigenvalue weighted by Gasteiger charge is 2.25. The number of ether oxygens (including phenoxy) is 1. The molecule has 0 unspecified atom stereocenters. The molecule has 8 nitrogen and oxygen atoms in total. The molecule has 6 rings (SSSR count). The highest BCUT2D eigenvalue weighted by Crippen LogP contribution is 2.36. The minimum Gasteiger partial charge on any atom is -0.493 e. The average Bonchev–Trinajstić information content (AvgIpc) is 3.55. The maximum atomic E-state index is 13.4. The number of hydrogen-bond donors (Lipinski definition) is 1. The molecule has 4 aromatic rings. The summed E-state index contributed by atoms with van der Waals surface area (Å²) >= 11 is 0. The first-order valence-corrected chi connectivity index (χ1v) is 16.5. The summed E-state index contributed by atoms with van der Waals surface area (Å²) in [6, 6.07) is 20.1. The van der Waals surface area contributed by atoms with E-state index < -0.39 is 0 Å². The summed E-state index contributed by atoms with van der Waals surface area (Å²) < 4.78 is 7.90. The number of likely N-dealkylation sites (tertiary alicyclic amines) is 1. The number of carbonyl (C=O) groups is 2. The van der Waals surface area contributed by atoms with Crippen molar-refractivity contribution in [3.63, 3.8) is 0 Å². The number of benzene rings is 3. The second kappa shape index (κ2) is 14.3. The van der Waals surface area contributed by atoms with Gasteiger partial charge in [0.1, 0.15) is 5.75 Å². The summed E-state index contributed by atoms with van der Waals surface area (Å²) in [5, 5.41) is 14.1. The van der Waals surface area contributed by atoms with Crippen LogP contribution in [0.5, 0.6) is 5.75 Å². The third-order valence-corrected chi connectivity index (χ3v) is 9.52. The zero-order chi connectivity index (χ0) is 32.0. The van der Waals surface area contributed by atoms with E-state index >= 15 is 0 Å². The molecule has 1 saturated heterocycles. The Balaban J connectivity index is 1.09. The van der Waals surface area contributed by atoms with Gasteiger partial charge in [-0.05, 0) is 104 Å². The van der Waals surface area contributed by atoms with Gasteiger partial charge in [0.15, 0.2) is 0 Å². The van der Waals surface area contributed by atoms with Crippen LogP contribution in [-0.2, 0) is 17.8 Å². The SMILES string of the molecule is Cc1cccc(OCCCC(=O)N2CCCc3c(-c4cnn(Cc5cccc(C(=O)N6CCC(CO)CC6)c5)c4)cccc32)c1C. The van der Waals surface area contributed by atoms with Crippen molar-refractivity contribution in [1.82, 2.24) is 14.7 Å². The fourth-order valence-corrected chi connectivity index (χ4v) is 6.66. The van der Waals surface area contributed by atoms with Crippen molar-refractivity contribution in [1.29, 1.82) is 0 Å². The van der Waals surface area contributed by atoms with E-state index in [0.29, 0.717) is 50.6 Å². The molecule has 0 atom stereocenters. The minimum atomic E-state index is 0.0447. The minimum absolute atomic E-state index is 0.0447. The zero-order valence-corrected chi connectivity index (χ0v) is 27.0. The first-order chi connectivity index (χ1) is 22.4. The molecule has 3 heterocycles. The number of carbonyl (C=O) groups excluding carboxylic acids is 2. The van der Waals surface area contributed by atoms with Crippen molar-refractivity contribution >= 4 is 17.5 Å². The van der Waals surface area contributed by atoms with Crippen LogP contribution in [0.3, 0.4) is 0 Å². The average molecular weight is 621 g/mol. The number of nitrogens with zero attached hydrogens (tertiary/aromatic N) is 4. The lowest BCUT2D eigenvalue weighted by molar-refractivity contribution is -0.118. The Morgan fingerprint density at radius 3 is 2.63 bits per heavy atom. The Hall–Kier alpha value is -4.43. The van der Waals surface area contributed by atoms with Crippen molar-refractivity contribution < 1.29 is 19.4 Å². The molecule has 1 fully saturated rings. The third-order valence-electron chi connectivity index (χ3n) is 9.52. The monoisotopic (exact) mass is 620 g/mol. The Kier molecular flexibility index (Phi) is 9.83. The molecular formula is C38H44N4O4. The Labute approximate surface area is 271 Å². The summed E-state index contributed by atoms with van der Waals surface area (Å²) in [5.41, 5.74) is 8.35. The van der Waals surface area contributed by atoms with Crippen LogP contribution < -0.4 is 9.64 Å². The van der Waals surface area contributed by atoms with E-state index in [1.807, 2.05) is 63.1 Å². The van der Waals surface area contributed by atoms with Gasteiger partial charge in [-0.1, -0.05) is 36.4 Å². The molecular weight excluding hydrogens is 576 g/mol. The predicted octanol–water partition coefficient (Wildman–Crippen LogP) is 6.20. The molecule has 240 valence electrons. The first kappa shape index (κ1) is 31.5. The summed E-state index contributed by atoms with van der Waals surface area (Å²) in [6.45, 7) is 7.49. The number of rotatable bonds is 10. The van der Waals surface area contributed by atoms with Gasteiger partial charge in [0.2, 0.25) is 5.91 Å². The van der Waals surface area contributed by atoms with Crippen LogP contribution in [-0.4, -0.2) is 64.4 Å². The summed E-state index contributed by atoms with van der Waals surface area (Å²) in [4.78, 5) is 30.4. The van der Waals surface area contributed by atoms with Gasteiger partial charge in [0.05, 0.1) is 19.3 Å². The zero-order valence-electron chi connectivity index (χ0n) is 27.0. The summed E-state index contributed by atoms with van der Waals surface area (Å²) in [6.07, 6.45) is 8.56. The lowest BCUT2D eigenvalue weighted by atomic mass is 9.93. The highest BCUT2D eigenvalue weighted by molar-refractivity contribution is 5.96. The number of aryl methyl sites for hydroxylation is 1. The van der Waals surface area contributed by atoms with Crippen LogP contribution in [0, 0.1) is 19.8 Å². The maximum Gasteiger partial charge on any atom is 0.253 e. The maximum absolute atomic E-state index is 13.4. The van der Waals surface area contributed by atoms with Crippen molar-refractivity contribution in [3.8, 4) is 16.9 Å². The summed E-state index contributed by atoms with van der Waals surface area (Å²) in [5.74, 6) is 1.36. The summed E-state index contributed by atoms with van der Waals surface area (Å²) in [7, 11) is 0. The van der Waals surface area contributed by atoms with Crippen LogP contribution in [0.2, 0.25) is 0 Å². The van der Waals surface area contributed by atoms with E-state index in [1.165, 1.54) is 11.1 Å². The highest BCUT2D eigenvalue weighted by atomic mass is 16.5. The third kappa shape index (κ3) is 7.02. The van der Waals surface area contributed by atoms with E-state index in [2.05, 4.69) is 43.3 Å². The number of piperidine rings is 1. The molecule has 8 heteroatoms. The Morgan fingerprint density at radius 1 is 1.00 bits per heavy atom. The largest absolute Gasteiger partial charge is 0.493 e. The number of anilines is 1. The number of aliphatic hydroxyl groups is 1. The number of aliphatic hydroxyl groups excluding tert-OH is 1. The Morgan fingerprint density at radius 2 is 1.80 bits per heavy atom. The normalized spacial score (nSPS) is 15.1. The smallest absolute Gasteiger partial charge is 0.253 e. The molecule has 0 spiro atoms. The lowest BCUT2D eigenvalue weighted by Gasteiger charge is -2.31. The fraction of sp³-hybridized carbons (Fsp3) is 0.395. The van der Waals surface area contributed by atoms with Crippen LogP contribution in [0.25, 0.3) is 11.1 Å². The van der Waals surface area contributed by atoms with E-state index in [0.717, 1.165) is 65.9 Å². The number of aromatic nitrogens is 2. The second-order valence-corrected chi connectivity index (χ2v) is 12.6. The van der Waals surface area contributed by atoms with Gasteiger partial charge in [-0.2, -0.15) is 5.10 Å². The first-order valence-electron chi connectivity index (χ1n) is 16.5. The van der Waals surface area contributed by atoms with Gasteiger partial charge < -0.3 is 19.6 Å². The molecule has 3 aromatic carbocycles. The molecule has 0 saturated carbocycles. The molecule has 0 bridgehead atoms. The number of amides is 2. The molecule has 1 N–H and O–H groups in total. The molecule has 2 aliphatic rings. The van der Waals surface area contributed by atoms with Crippen molar-refractivity contribution in [2.45, 2.75) is 58.9 Å². The van der Waals surface area contributed by atoms with Gasteiger partial charge in [-0.15, -0.1) is 0 Å². The van der Waals surface area contributed by atoms with E-state index in [4.69, 9.17) is 4.74 Å². The van der Waals surface area contributed by atoms with E-state index in [-0.39, 0.29) is 18.4 Å². The van der Waals surface area contributed by atoms with Crippen LogP contribution in [0.4, 0.5) is 5.69 Å². The number of hydrogen-bond acceptors (Lipinski definition) is 5. The molecule has 46 heavy (non-hydrogen) atoms. The van der Waals surface area contributed by atoms with Gasteiger partial charge in [-0.3, -0.25) is 14.3 Å². The van der Waals surface area contributed by atoms with Gasteiger partial charge in [0.25, 0.3) is 5.91 Å². The topological polar surface area (TPSA) is 87.9 Å². The lowest BCUT2D eigenvalue weighted by Crippen LogP contribution is -2.39. The van der Waals surface area contributed by atoms with Crippen molar-refractivity contribution in [2.75, 3.05) is 37.7 Å². The van der Waals surface area contributed by atoms with Crippen molar-refractivity contribution in [3.05, 3.63) is 101 Å². The van der Waals surface area contributed by atoms with Crippen LogP contribution in [0.15, 0.2) is 73.1 Å². The van der Waals surface area contributed by atoms with E-state index in [1.54, 1.807) is 0 Å². The molecule has 2 aliphatic heterocycles. The predicted molar refractivity (Wildman–Crippen MR) is 180 cm³/mol. The standard InChI is InChI=1S/C38H44N4O4/c1-27-8-3-14-36(28(27)2)46-21-7-15-37(44)42-18-6-12-34-33(11-5-13-35(34)42)32-23-39-41(25-32)24-30-9-4-10-31(22-30)38(45)40-19-16-29(26-43)17-20-40/h3-5,8-11,13-14,22-23,25,29,43H,6-7,12,15-21,24,26H2,1-2H3. The molecule has 0 aliphatic carbocycles. The quantitative estimate of drug-likeness (QED) is 0.214. The van der Waals surface area contributed by atoms with Crippen molar-refractivity contribution in [2.24, 2.45) is 5.92 Å². The second-order valence-electron chi connectivity index (χ2n) is 12.6. The number of fused-ring (bicyclic) bond motifs is 1. The molecule has 0 radical (unpaired) electrons.